The molecule has 0 saturated carbocycles. The summed E-state index contributed by atoms with van der Waals surface area (Å²) >= 11 is 0. The fourth-order valence-electron chi connectivity index (χ4n) is 3.21. The summed E-state index contributed by atoms with van der Waals surface area (Å²) in [6.07, 6.45) is 1.77. The van der Waals surface area contributed by atoms with Gasteiger partial charge in [0.05, 0.1) is 34.0 Å². The lowest BCUT2D eigenvalue weighted by Gasteiger charge is -2.08. The summed E-state index contributed by atoms with van der Waals surface area (Å²) < 4.78 is 5.89. The molecular formula is C24H14N4O. The number of aromatic nitrogens is 3. The Labute approximate surface area is 166 Å². The molecular weight excluding hydrogens is 360 g/mol. The number of nitriles is 1. The molecule has 29 heavy (non-hydrogen) atoms. The maximum absolute atomic E-state index is 9.42. The highest BCUT2D eigenvalue weighted by atomic mass is 16.5. The van der Waals surface area contributed by atoms with Gasteiger partial charge in [0.2, 0.25) is 5.88 Å². The second-order valence-electron chi connectivity index (χ2n) is 6.51. The monoisotopic (exact) mass is 374 g/mol. The van der Waals surface area contributed by atoms with Gasteiger partial charge in [-0.1, -0.05) is 30.3 Å². The third kappa shape index (κ3) is 3.24. The van der Waals surface area contributed by atoms with Crippen molar-refractivity contribution in [3.63, 3.8) is 0 Å². The third-order valence-electron chi connectivity index (χ3n) is 4.63. The fourth-order valence-corrected chi connectivity index (χ4v) is 3.21. The van der Waals surface area contributed by atoms with Crippen LogP contribution in [-0.4, -0.2) is 15.0 Å². The molecule has 5 heteroatoms. The molecule has 5 nitrogen and oxygen atoms in total. The lowest BCUT2D eigenvalue weighted by molar-refractivity contribution is 0.465. The van der Waals surface area contributed by atoms with Crippen molar-refractivity contribution in [3.8, 4) is 29.0 Å². The van der Waals surface area contributed by atoms with Crippen molar-refractivity contribution in [3.05, 3.63) is 90.6 Å². The number of hydrogen-bond donors (Lipinski definition) is 0. The molecule has 2 heterocycles. The third-order valence-corrected chi connectivity index (χ3v) is 4.63. The zero-order chi connectivity index (χ0) is 19.6. The first-order valence-corrected chi connectivity index (χ1v) is 9.10. The number of rotatable bonds is 3. The Hall–Kier alpha value is -4.30. The van der Waals surface area contributed by atoms with E-state index < -0.39 is 0 Å². The van der Waals surface area contributed by atoms with Gasteiger partial charge in [-0.3, -0.25) is 4.98 Å². The number of benzene rings is 3. The molecule has 0 bridgehead atoms. The topological polar surface area (TPSA) is 71.7 Å². The first kappa shape index (κ1) is 16.8. The van der Waals surface area contributed by atoms with E-state index in [-0.39, 0.29) is 0 Å². The molecule has 0 saturated heterocycles. The van der Waals surface area contributed by atoms with Crippen LogP contribution < -0.4 is 4.74 Å². The Morgan fingerprint density at radius 1 is 0.759 bits per heavy atom. The van der Waals surface area contributed by atoms with Crippen LogP contribution in [-0.2, 0) is 0 Å². The molecule has 136 valence electrons. The average molecular weight is 374 g/mol. The van der Waals surface area contributed by atoms with Crippen LogP contribution in [0.5, 0.6) is 11.6 Å². The molecule has 5 aromatic rings. The Kier molecular flexibility index (Phi) is 4.08. The van der Waals surface area contributed by atoms with E-state index in [0.29, 0.717) is 17.2 Å². The van der Waals surface area contributed by atoms with Crippen molar-refractivity contribution in [2.45, 2.75) is 0 Å². The predicted molar refractivity (Wildman–Crippen MR) is 112 cm³/mol. The Balaban J connectivity index is 1.44. The minimum Gasteiger partial charge on any atom is -0.439 e. The van der Waals surface area contributed by atoms with Crippen molar-refractivity contribution in [2.75, 3.05) is 0 Å². The summed E-state index contributed by atoms with van der Waals surface area (Å²) in [7, 11) is 0. The van der Waals surface area contributed by atoms with Crippen molar-refractivity contribution >= 4 is 21.9 Å². The van der Waals surface area contributed by atoms with Gasteiger partial charge in [-0.2, -0.15) is 5.26 Å². The summed E-state index contributed by atoms with van der Waals surface area (Å²) in [5.41, 5.74) is 4.73. The first-order valence-electron chi connectivity index (χ1n) is 9.10. The predicted octanol–water partition coefficient (Wildman–Crippen LogP) is 5.51. The van der Waals surface area contributed by atoms with Crippen LogP contribution in [0.2, 0.25) is 0 Å². The van der Waals surface area contributed by atoms with E-state index in [2.05, 4.69) is 21.0 Å². The largest absolute Gasteiger partial charge is 0.439 e. The maximum atomic E-state index is 9.42. The zero-order valence-corrected chi connectivity index (χ0v) is 15.3. The van der Waals surface area contributed by atoms with Crippen LogP contribution in [0.15, 0.2) is 85.1 Å². The van der Waals surface area contributed by atoms with Gasteiger partial charge in [0.15, 0.2) is 0 Å². The normalized spacial score (nSPS) is 10.7. The summed E-state index contributed by atoms with van der Waals surface area (Å²) in [6.45, 7) is 0. The molecule has 0 amide bonds. The van der Waals surface area contributed by atoms with Gasteiger partial charge in [0, 0.05) is 17.0 Å². The zero-order valence-electron chi connectivity index (χ0n) is 15.3. The molecule has 0 aliphatic rings. The fraction of sp³-hybridized carbons (Fsp3) is 0. The molecule has 2 aromatic heterocycles. The average Bonchev–Trinajstić information content (AvgIpc) is 2.78. The second kappa shape index (κ2) is 7.02. The number of pyridine rings is 1. The van der Waals surface area contributed by atoms with Crippen molar-refractivity contribution in [1.82, 2.24) is 15.0 Å². The van der Waals surface area contributed by atoms with Crippen LogP contribution in [0.1, 0.15) is 5.56 Å². The molecule has 0 fully saturated rings. The number of ether oxygens (including phenoxy) is 1. The lowest BCUT2D eigenvalue weighted by atomic mass is 10.1. The van der Waals surface area contributed by atoms with Gasteiger partial charge in [0.25, 0.3) is 0 Å². The lowest BCUT2D eigenvalue weighted by Crippen LogP contribution is -1.92. The van der Waals surface area contributed by atoms with Crippen LogP contribution in [0.25, 0.3) is 33.2 Å². The number of fused-ring (bicyclic) bond motifs is 2. The quantitative estimate of drug-likeness (QED) is 0.416. The highest BCUT2D eigenvalue weighted by molar-refractivity contribution is 5.85. The summed E-state index contributed by atoms with van der Waals surface area (Å²) in [6, 6.07) is 26.7. The molecule has 0 radical (unpaired) electrons. The van der Waals surface area contributed by atoms with Crippen molar-refractivity contribution in [1.29, 1.82) is 5.26 Å². The maximum Gasteiger partial charge on any atom is 0.221 e. The van der Waals surface area contributed by atoms with E-state index in [1.54, 1.807) is 12.3 Å². The summed E-state index contributed by atoms with van der Waals surface area (Å²) in [4.78, 5) is 13.6. The molecule has 5 rings (SSSR count). The van der Waals surface area contributed by atoms with E-state index in [9.17, 15) is 5.26 Å². The van der Waals surface area contributed by atoms with Gasteiger partial charge < -0.3 is 4.74 Å². The number of para-hydroxylation sites is 3. The minimum absolute atomic E-state index is 0.387. The van der Waals surface area contributed by atoms with E-state index in [4.69, 9.17) is 4.74 Å². The Bertz CT molecular complexity index is 1390. The smallest absolute Gasteiger partial charge is 0.221 e. The summed E-state index contributed by atoms with van der Waals surface area (Å²) in [5, 5.41) is 10.2. The number of nitrogens with zero attached hydrogens (tertiary/aromatic N) is 4. The second-order valence-corrected chi connectivity index (χ2v) is 6.51. The van der Waals surface area contributed by atoms with Crippen molar-refractivity contribution < 1.29 is 4.74 Å². The Morgan fingerprint density at radius 3 is 2.28 bits per heavy atom. The van der Waals surface area contributed by atoms with Gasteiger partial charge >= 0.3 is 0 Å². The standard InChI is InChI=1S/C24H14N4O/c25-14-17-13-24(28-20-6-2-1-5-19(17)20)29-18-11-9-16(10-12-18)23-15-26-21-7-3-4-8-22(21)27-23/h1-13,15H. The van der Waals surface area contributed by atoms with Gasteiger partial charge in [0.1, 0.15) is 11.8 Å². The molecule has 0 aliphatic heterocycles. The van der Waals surface area contributed by atoms with E-state index >= 15 is 0 Å². The highest BCUT2D eigenvalue weighted by Crippen LogP contribution is 2.27. The van der Waals surface area contributed by atoms with Crippen LogP contribution in [0.4, 0.5) is 0 Å². The van der Waals surface area contributed by atoms with Gasteiger partial charge in [-0.15, -0.1) is 0 Å². The van der Waals surface area contributed by atoms with Crippen LogP contribution in [0, 0.1) is 11.3 Å². The summed E-state index contributed by atoms with van der Waals surface area (Å²) in [5.74, 6) is 1.02. The number of hydrogen-bond acceptors (Lipinski definition) is 5. The first-order chi connectivity index (χ1) is 14.3. The van der Waals surface area contributed by atoms with Gasteiger partial charge in [-0.05, 0) is 42.5 Å². The SMILES string of the molecule is N#Cc1cc(Oc2ccc(-c3cnc4ccccc4n3)cc2)nc2ccccc12. The molecule has 0 spiro atoms. The molecule has 0 atom stereocenters. The van der Waals surface area contributed by atoms with Gasteiger partial charge in [-0.25, -0.2) is 9.97 Å². The molecule has 3 aromatic carbocycles. The molecule has 0 aliphatic carbocycles. The highest BCUT2D eigenvalue weighted by Gasteiger charge is 2.08. The van der Waals surface area contributed by atoms with Crippen LogP contribution in [0.3, 0.4) is 0 Å². The van der Waals surface area contributed by atoms with Crippen LogP contribution >= 0.6 is 0 Å². The van der Waals surface area contributed by atoms with E-state index in [0.717, 1.165) is 33.2 Å². The molecule has 0 N–H and O–H groups in total. The van der Waals surface area contributed by atoms with E-state index in [1.165, 1.54) is 0 Å². The van der Waals surface area contributed by atoms with E-state index in [1.807, 2.05) is 72.8 Å². The molecule has 0 unspecified atom stereocenters. The van der Waals surface area contributed by atoms with Crippen molar-refractivity contribution in [2.24, 2.45) is 0 Å². The minimum atomic E-state index is 0.387. The Morgan fingerprint density at radius 2 is 1.48 bits per heavy atom.